The average molecular weight is 318 g/mol. The number of pyridine rings is 1. The van der Waals surface area contributed by atoms with Crippen LogP contribution in [0, 0.1) is 0 Å². The Morgan fingerprint density at radius 1 is 1.27 bits per heavy atom. The van der Waals surface area contributed by atoms with Gasteiger partial charge in [-0.3, -0.25) is 4.98 Å². The van der Waals surface area contributed by atoms with Gasteiger partial charge in [0, 0.05) is 12.3 Å². The number of ether oxygens (including phenoxy) is 1. The molecule has 0 aliphatic carbocycles. The molecular formula is C14H14N4O3S. The van der Waals surface area contributed by atoms with E-state index in [0.29, 0.717) is 11.4 Å². The highest BCUT2D eigenvalue weighted by molar-refractivity contribution is 7.90. The molecule has 7 nitrogen and oxygen atoms in total. The SMILES string of the molecule is COc1ccc2c(c1)S(=O)(=O)NC(=NCc1ccccn1)N2. The largest absolute Gasteiger partial charge is 0.497 e. The number of sulfonamides is 1. The molecule has 0 fully saturated rings. The minimum atomic E-state index is -3.67. The molecule has 1 aromatic carbocycles. The molecule has 0 radical (unpaired) electrons. The van der Waals surface area contributed by atoms with Crippen molar-refractivity contribution in [3.63, 3.8) is 0 Å². The summed E-state index contributed by atoms with van der Waals surface area (Å²) >= 11 is 0. The summed E-state index contributed by atoms with van der Waals surface area (Å²) in [4.78, 5) is 8.48. The number of benzene rings is 1. The van der Waals surface area contributed by atoms with Gasteiger partial charge in [-0.25, -0.2) is 18.1 Å². The zero-order valence-electron chi connectivity index (χ0n) is 11.8. The normalized spacial score (nSPS) is 17.2. The van der Waals surface area contributed by atoms with Crippen LogP contribution in [0.1, 0.15) is 5.69 Å². The van der Waals surface area contributed by atoms with Crippen LogP contribution in [0.2, 0.25) is 0 Å². The molecule has 0 unspecified atom stereocenters. The van der Waals surface area contributed by atoms with Crippen molar-refractivity contribution < 1.29 is 13.2 Å². The van der Waals surface area contributed by atoms with Crippen molar-refractivity contribution in [1.29, 1.82) is 0 Å². The molecule has 0 amide bonds. The van der Waals surface area contributed by atoms with Crippen LogP contribution < -0.4 is 14.8 Å². The number of nitrogens with one attached hydrogen (secondary N) is 2. The molecule has 0 atom stereocenters. The highest BCUT2D eigenvalue weighted by atomic mass is 32.2. The van der Waals surface area contributed by atoms with Gasteiger partial charge in [-0.15, -0.1) is 0 Å². The first-order valence-electron chi connectivity index (χ1n) is 6.51. The second-order valence-electron chi connectivity index (χ2n) is 4.58. The summed E-state index contributed by atoms with van der Waals surface area (Å²) in [5, 5.41) is 2.95. The maximum Gasteiger partial charge on any atom is 0.266 e. The summed E-state index contributed by atoms with van der Waals surface area (Å²) in [6, 6.07) is 10.3. The van der Waals surface area contributed by atoms with Crippen molar-refractivity contribution in [1.82, 2.24) is 9.71 Å². The molecule has 8 heteroatoms. The van der Waals surface area contributed by atoms with Crippen molar-refractivity contribution in [3.05, 3.63) is 48.3 Å². The first kappa shape index (κ1) is 14.3. The molecule has 0 saturated heterocycles. The molecule has 1 aliphatic rings. The smallest absolute Gasteiger partial charge is 0.266 e. The summed E-state index contributed by atoms with van der Waals surface area (Å²) in [6.45, 7) is 0.275. The number of hydrogen-bond acceptors (Lipinski definition) is 5. The summed E-state index contributed by atoms with van der Waals surface area (Å²) in [5.41, 5.74) is 1.20. The number of nitrogens with zero attached hydrogens (tertiary/aromatic N) is 2. The first-order valence-corrected chi connectivity index (χ1v) is 7.99. The van der Waals surface area contributed by atoms with E-state index in [1.807, 2.05) is 18.2 Å². The molecular weight excluding hydrogens is 304 g/mol. The number of methoxy groups -OCH3 is 1. The van der Waals surface area contributed by atoms with Crippen molar-refractivity contribution in [2.24, 2.45) is 4.99 Å². The first-order chi connectivity index (χ1) is 10.6. The van der Waals surface area contributed by atoms with Crippen LogP contribution in [-0.4, -0.2) is 26.5 Å². The van der Waals surface area contributed by atoms with E-state index in [9.17, 15) is 8.42 Å². The van der Waals surface area contributed by atoms with Gasteiger partial charge in [0.05, 0.1) is 25.0 Å². The third kappa shape index (κ3) is 2.86. The van der Waals surface area contributed by atoms with Gasteiger partial charge in [0.1, 0.15) is 10.6 Å². The van der Waals surface area contributed by atoms with E-state index < -0.39 is 10.0 Å². The molecule has 1 aliphatic heterocycles. The van der Waals surface area contributed by atoms with Gasteiger partial charge in [0.15, 0.2) is 0 Å². The zero-order chi connectivity index (χ0) is 15.6. The molecule has 2 aromatic rings. The Morgan fingerprint density at radius 3 is 2.86 bits per heavy atom. The molecule has 114 valence electrons. The predicted octanol–water partition coefficient (Wildman–Crippen LogP) is 1.35. The van der Waals surface area contributed by atoms with E-state index in [-0.39, 0.29) is 17.4 Å². The highest BCUT2D eigenvalue weighted by Crippen LogP contribution is 2.28. The molecule has 3 rings (SSSR count). The molecule has 0 bridgehead atoms. The molecule has 0 saturated carbocycles. The lowest BCUT2D eigenvalue weighted by Gasteiger charge is -2.21. The maximum absolute atomic E-state index is 12.3. The predicted molar refractivity (Wildman–Crippen MR) is 82.3 cm³/mol. The van der Waals surface area contributed by atoms with E-state index in [1.165, 1.54) is 13.2 Å². The van der Waals surface area contributed by atoms with Gasteiger partial charge in [0.25, 0.3) is 10.0 Å². The number of fused-ring (bicyclic) bond motifs is 1. The summed E-state index contributed by atoms with van der Waals surface area (Å²) < 4.78 is 32.0. The fourth-order valence-corrected chi connectivity index (χ4v) is 3.17. The minimum Gasteiger partial charge on any atom is -0.497 e. The number of anilines is 1. The number of guanidine groups is 1. The topological polar surface area (TPSA) is 92.7 Å². The molecule has 0 spiro atoms. The number of hydrogen-bond donors (Lipinski definition) is 2. The van der Waals surface area contributed by atoms with E-state index in [4.69, 9.17) is 4.74 Å². The lowest BCUT2D eigenvalue weighted by molar-refractivity contribution is 0.413. The van der Waals surface area contributed by atoms with Gasteiger partial charge < -0.3 is 10.1 Å². The minimum absolute atomic E-state index is 0.128. The number of aromatic nitrogens is 1. The number of rotatable bonds is 3. The summed E-state index contributed by atoms with van der Waals surface area (Å²) in [6.07, 6.45) is 1.66. The van der Waals surface area contributed by atoms with Gasteiger partial charge in [0.2, 0.25) is 5.96 Å². The lowest BCUT2D eigenvalue weighted by atomic mass is 10.3. The third-order valence-electron chi connectivity index (χ3n) is 3.09. The van der Waals surface area contributed by atoms with Gasteiger partial charge in [-0.05, 0) is 24.3 Å². The fourth-order valence-electron chi connectivity index (χ4n) is 2.01. The van der Waals surface area contributed by atoms with E-state index >= 15 is 0 Å². The van der Waals surface area contributed by atoms with Crippen LogP contribution in [0.3, 0.4) is 0 Å². The van der Waals surface area contributed by atoms with Crippen molar-refractivity contribution >= 4 is 21.7 Å². The van der Waals surface area contributed by atoms with Crippen LogP contribution in [-0.2, 0) is 16.6 Å². The standard InChI is InChI=1S/C14H14N4O3S/c1-21-11-5-6-12-13(8-11)22(19,20)18-14(17-12)16-9-10-4-2-3-7-15-10/h2-8H,9H2,1H3,(H2,16,17,18). The van der Waals surface area contributed by atoms with E-state index in [1.54, 1.807) is 18.3 Å². The van der Waals surface area contributed by atoms with Crippen LogP contribution in [0.15, 0.2) is 52.5 Å². The Hall–Kier alpha value is -2.61. The molecule has 2 N–H and O–H groups in total. The monoisotopic (exact) mass is 318 g/mol. The zero-order valence-corrected chi connectivity index (χ0v) is 12.6. The molecule has 22 heavy (non-hydrogen) atoms. The Balaban J connectivity index is 1.89. The molecule has 1 aromatic heterocycles. The van der Waals surface area contributed by atoms with Crippen molar-refractivity contribution in [2.75, 3.05) is 12.4 Å². The third-order valence-corrected chi connectivity index (χ3v) is 4.47. The fraction of sp³-hybridized carbons (Fsp3) is 0.143. The molecule has 2 heterocycles. The average Bonchev–Trinajstić information content (AvgIpc) is 2.53. The Morgan fingerprint density at radius 2 is 2.14 bits per heavy atom. The van der Waals surface area contributed by atoms with E-state index in [0.717, 1.165) is 5.69 Å². The Labute approximate surface area is 128 Å². The number of aliphatic imine (C=N–C) groups is 1. The van der Waals surface area contributed by atoms with Crippen LogP contribution in [0.5, 0.6) is 5.75 Å². The van der Waals surface area contributed by atoms with E-state index in [2.05, 4.69) is 20.0 Å². The van der Waals surface area contributed by atoms with Gasteiger partial charge >= 0.3 is 0 Å². The Bertz CT molecular complexity index is 819. The van der Waals surface area contributed by atoms with Crippen molar-refractivity contribution in [2.45, 2.75) is 11.4 Å². The van der Waals surface area contributed by atoms with Gasteiger partial charge in [-0.1, -0.05) is 6.07 Å². The van der Waals surface area contributed by atoms with Crippen molar-refractivity contribution in [3.8, 4) is 5.75 Å². The summed E-state index contributed by atoms with van der Waals surface area (Å²) in [7, 11) is -2.19. The lowest BCUT2D eigenvalue weighted by Crippen LogP contribution is -2.40. The van der Waals surface area contributed by atoms with Crippen LogP contribution in [0.25, 0.3) is 0 Å². The second kappa shape index (κ2) is 5.64. The summed E-state index contributed by atoms with van der Waals surface area (Å²) in [5.74, 6) is 0.642. The maximum atomic E-state index is 12.3. The van der Waals surface area contributed by atoms with Crippen LogP contribution in [0.4, 0.5) is 5.69 Å². The quantitative estimate of drug-likeness (QED) is 0.891. The second-order valence-corrected chi connectivity index (χ2v) is 6.23. The highest BCUT2D eigenvalue weighted by Gasteiger charge is 2.26. The van der Waals surface area contributed by atoms with Crippen LogP contribution >= 0.6 is 0 Å². The Kier molecular flexibility index (Phi) is 3.68. The van der Waals surface area contributed by atoms with Gasteiger partial charge in [-0.2, -0.15) is 0 Å².